The van der Waals surface area contributed by atoms with Crippen LogP contribution in [0.15, 0.2) is 35.1 Å². The molecule has 2 aliphatic rings. The van der Waals surface area contributed by atoms with Gasteiger partial charge in [0.2, 0.25) is 5.28 Å². The Balaban J connectivity index is 1.55. The second-order valence-electron chi connectivity index (χ2n) is 10.3. The molecule has 0 bridgehead atoms. The van der Waals surface area contributed by atoms with Crippen molar-refractivity contribution < 1.29 is 9.53 Å². The van der Waals surface area contributed by atoms with Gasteiger partial charge in [-0.25, -0.2) is 4.79 Å². The largest absolute Gasteiger partial charge is 0.444 e. The summed E-state index contributed by atoms with van der Waals surface area (Å²) in [6.07, 6.45) is 1.64. The first-order valence-electron chi connectivity index (χ1n) is 12.7. The Kier molecular flexibility index (Phi) is 8.30. The van der Waals surface area contributed by atoms with Crippen molar-refractivity contribution in [2.75, 3.05) is 29.9 Å². The molecule has 198 valence electrons. The fraction of sp³-hybridized carbons (Fsp3) is 0.519. The number of piperidine rings is 1. The molecule has 2 atom stereocenters. The van der Waals surface area contributed by atoms with Crippen molar-refractivity contribution in [3.63, 3.8) is 0 Å². The van der Waals surface area contributed by atoms with E-state index in [2.05, 4.69) is 32.4 Å². The molecule has 9 nitrogen and oxygen atoms in total. The average molecular weight is 527 g/mol. The predicted molar refractivity (Wildman–Crippen MR) is 146 cm³/mol. The summed E-state index contributed by atoms with van der Waals surface area (Å²) in [5.74, 6) is 6.48. The van der Waals surface area contributed by atoms with Crippen molar-refractivity contribution in [1.82, 2.24) is 19.8 Å². The van der Waals surface area contributed by atoms with Gasteiger partial charge in [0, 0.05) is 25.7 Å². The van der Waals surface area contributed by atoms with Crippen LogP contribution in [0.3, 0.4) is 0 Å². The standard InChI is InChI=1S/C27H35ClN6O3/c1-5-6-16-33-21-22(30-24(28)34(23(21)35)17-14-19-11-8-7-9-12-19)31-25(33)32-15-10-13-20(18-32)29-26(36)37-27(2,3)4/h7-9,11-12,20,25,31H,10,13-18H2,1-4H3,(H,29,36). The topological polar surface area (TPSA) is 91.7 Å². The fourth-order valence-corrected chi connectivity index (χ4v) is 4.96. The first-order valence-corrected chi connectivity index (χ1v) is 13.0. The van der Waals surface area contributed by atoms with Crippen LogP contribution in [0.25, 0.3) is 0 Å². The Bertz CT molecular complexity index is 1230. The van der Waals surface area contributed by atoms with Crippen LogP contribution in [0.5, 0.6) is 0 Å². The summed E-state index contributed by atoms with van der Waals surface area (Å²) < 4.78 is 6.96. The smallest absolute Gasteiger partial charge is 0.407 e. The van der Waals surface area contributed by atoms with Crippen LogP contribution >= 0.6 is 11.6 Å². The van der Waals surface area contributed by atoms with Gasteiger partial charge >= 0.3 is 6.09 Å². The monoisotopic (exact) mass is 526 g/mol. The van der Waals surface area contributed by atoms with E-state index in [1.165, 1.54) is 4.57 Å². The Morgan fingerprint density at radius 2 is 2.05 bits per heavy atom. The zero-order valence-electron chi connectivity index (χ0n) is 21.9. The van der Waals surface area contributed by atoms with Crippen LogP contribution in [0.4, 0.5) is 16.3 Å². The van der Waals surface area contributed by atoms with Crippen molar-refractivity contribution in [2.24, 2.45) is 0 Å². The number of aromatic nitrogens is 2. The van der Waals surface area contributed by atoms with E-state index >= 15 is 0 Å². The number of carbonyl (C=O) groups excluding carboxylic acids is 1. The summed E-state index contributed by atoms with van der Waals surface area (Å²) in [4.78, 5) is 34.7. The molecule has 0 saturated carbocycles. The van der Waals surface area contributed by atoms with E-state index in [9.17, 15) is 9.59 Å². The maximum Gasteiger partial charge on any atom is 0.407 e. The minimum atomic E-state index is -0.561. The number of amides is 1. The van der Waals surface area contributed by atoms with Gasteiger partial charge in [0.15, 0.2) is 12.1 Å². The molecule has 0 spiro atoms. The predicted octanol–water partition coefficient (Wildman–Crippen LogP) is 3.67. The van der Waals surface area contributed by atoms with Gasteiger partial charge in [0.25, 0.3) is 5.56 Å². The number of nitrogens with zero attached hydrogens (tertiary/aromatic N) is 4. The summed E-state index contributed by atoms with van der Waals surface area (Å²) in [5, 5.41) is 6.53. The molecule has 1 aromatic heterocycles. The van der Waals surface area contributed by atoms with Gasteiger partial charge in [-0.05, 0) is 64.1 Å². The fourth-order valence-electron chi connectivity index (χ4n) is 4.72. The van der Waals surface area contributed by atoms with Crippen molar-refractivity contribution in [3.8, 4) is 11.8 Å². The zero-order chi connectivity index (χ0) is 26.6. The third-order valence-electron chi connectivity index (χ3n) is 6.36. The lowest BCUT2D eigenvalue weighted by atomic mass is 10.1. The second-order valence-corrected chi connectivity index (χ2v) is 10.7. The molecule has 0 radical (unpaired) electrons. The van der Waals surface area contributed by atoms with Crippen LogP contribution < -0.4 is 21.1 Å². The lowest BCUT2D eigenvalue weighted by molar-refractivity contribution is 0.0461. The Hall–Kier alpha value is -3.22. The lowest BCUT2D eigenvalue weighted by Gasteiger charge is -2.40. The number of fused-ring (bicyclic) bond motifs is 1. The highest BCUT2D eigenvalue weighted by atomic mass is 35.5. The average Bonchev–Trinajstić information content (AvgIpc) is 3.20. The summed E-state index contributed by atoms with van der Waals surface area (Å²) in [7, 11) is 0. The Labute approximate surface area is 223 Å². The van der Waals surface area contributed by atoms with Gasteiger partial charge in [-0.1, -0.05) is 36.3 Å². The van der Waals surface area contributed by atoms with E-state index in [-0.39, 0.29) is 23.2 Å². The first kappa shape index (κ1) is 26.8. The zero-order valence-corrected chi connectivity index (χ0v) is 22.6. The van der Waals surface area contributed by atoms with E-state index in [1.807, 2.05) is 56.0 Å². The molecule has 1 saturated heterocycles. The molecule has 1 aromatic carbocycles. The maximum atomic E-state index is 13.7. The van der Waals surface area contributed by atoms with Gasteiger partial charge < -0.3 is 20.3 Å². The molecule has 2 aromatic rings. The van der Waals surface area contributed by atoms with E-state index < -0.39 is 11.7 Å². The molecule has 2 aliphatic heterocycles. The van der Waals surface area contributed by atoms with Crippen LogP contribution in [-0.2, 0) is 17.7 Å². The van der Waals surface area contributed by atoms with Gasteiger partial charge in [0.05, 0.1) is 6.54 Å². The molecule has 1 fully saturated rings. The molecule has 1 amide bonds. The summed E-state index contributed by atoms with van der Waals surface area (Å²) in [5.41, 5.74) is 0.827. The van der Waals surface area contributed by atoms with E-state index in [0.29, 0.717) is 37.6 Å². The highest BCUT2D eigenvalue weighted by molar-refractivity contribution is 6.28. The third-order valence-corrected chi connectivity index (χ3v) is 6.65. The number of anilines is 2. The highest BCUT2D eigenvalue weighted by Crippen LogP contribution is 2.33. The van der Waals surface area contributed by atoms with Crippen molar-refractivity contribution in [1.29, 1.82) is 0 Å². The molecular formula is C27H35ClN6O3. The number of nitrogens with one attached hydrogen (secondary N) is 2. The van der Waals surface area contributed by atoms with Crippen LogP contribution in [0.2, 0.25) is 5.28 Å². The SMILES string of the molecule is CC#CCN1c2c(nc(Cl)n(CCc3ccccc3)c2=O)NC1N1CCCC(NC(=O)OC(C)(C)C)C1. The Morgan fingerprint density at radius 1 is 1.30 bits per heavy atom. The molecule has 2 N–H and O–H groups in total. The van der Waals surface area contributed by atoms with Crippen molar-refractivity contribution in [2.45, 2.75) is 71.4 Å². The normalized spacial score (nSPS) is 19.4. The number of aryl methyl sites for hydroxylation is 1. The van der Waals surface area contributed by atoms with Crippen LogP contribution in [-0.4, -0.2) is 58.1 Å². The highest BCUT2D eigenvalue weighted by Gasteiger charge is 2.39. The molecule has 3 heterocycles. The number of carbonyl (C=O) groups is 1. The number of rotatable bonds is 6. The summed E-state index contributed by atoms with van der Waals surface area (Å²) in [6, 6.07) is 9.89. The number of hydrogen-bond acceptors (Lipinski definition) is 7. The number of halogens is 1. The minimum absolute atomic E-state index is 0.0766. The van der Waals surface area contributed by atoms with E-state index in [4.69, 9.17) is 16.3 Å². The first-order chi connectivity index (χ1) is 17.7. The van der Waals surface area contributed by atoms with Crippen LogP contribution in [0.1, 0.15) is 46.1 Å². The molecular weight excluding hydrogens is 492 g/mol. The number of benzene rings is 1. The van der Waals surface area contributed by atoms with Crippen molar-refractivity contribution in [3.05, 3.63) is 51.5 Å². The van der Waals surface area contributed by atoms with E-state index in [1.54, 1.807) is 6.92 Å². The van der Waals surface area contributed by atoms with E-state index in [0.717, 1.165) is 24.9 Å². The van der Waals surface area contributed by atoms with Gasteiger partial charge in [-0.2, -0.15) is 4.98 Å². The Morgan fingerprint density at radius 3 is 2.76 bits per heavy atom. The number of hydrogen-bond donors (Lipinski definition) is 2. The summed E-state index contributed by atoms with van der Waals surface area (Å²) >= 11 is 6.49. The minimum Gasteiger partial charge on any atom is -0.444 e. The lowest BCUT2D eigenvalue weighted by Crippen LogP contribution is -2.58. The molecule has 37 heavy (non-hydrogen) atoms. The summed E-state index contributed by atoms with van der Waals surface area (Å²) in [6.45, 7) is 9.48. The third kappa shape index (κ3) is 6.56. The number of likely N-dealkylation sites (tertiary alicyclic amines) is 1. The van der Waals surface area contributed by atoms with Crippen LogP contribution in [0, 0.1) is 11.8 Å². The van der Waals surface area contributed by atoms with Gasteiger partial charge in [-0.3, -0.25) is 14.3 Å². The number of alkyl carbamates (subject to hydrolysis) is 1. The molecule has 0 aliphatic carbocycles. The quantitative estimate of drug-likeness (QED) is 0.438. The van der Waals surface area contributed by atoms with Gasteiger partial charge in [-0.15, -0.1) is 5.92 Å². The second kappa shape index (κ2) is 11.4. The molecule has 4 rings (SSSR count). The maximum absolute atomic E-state index is 13.7. The number of ether oxygens (including phenoxy) is 1. The van der Waals surface area contributed by atoms with Crippen molar-refractivity contribution >= 4 is 29.2 Å². The molecule has 2 unspecified atom stereocenters. The van der Waals surface area contributed by atoms with Gasteiger partial charge in [0.1, 0.15) is 11.3 Å². The molecule has 10 heteroatoms.